The quantitative estimate of drug-likeness (QED) is 0.709. The van der Waals surface area contributed by atoms with Gasteiger partial charge in [-0.2, -0.15) is 4.98 Å². The van der Waals surface area contributed by atoms with Gasteiger partial charge in [-0.1, -0.05) is 28.9 Å². The fraction of sp³-hybridized carbons (Fsp3) is 0.400. The van der Waals surface area contributed by atoms with Gasteiger partial charge in [0.05, 0.1) is 11.6 Å². The summed E-state index contributed by atoms with van der Waals surface area (Å²) in [4.78, 5) is 23.4. The molecule has 1 aliphatic rings. The molecule has 0 saturated carbocycles. The summed E-state index contributed by atoms with van der Waals surface area (Å²) in [5, 5.41) is 8.60. The number of benzene rings is 1. The van der Waals surface area contributed by atoms with Crippen molar-refractivity contribution in [3.05, 3.63) is 46.9 Å². The number of anilines is 1. The number of hydrogen-bond acceptors (Lipinski definition) is 6. The van der Waals surface area contributed by atoms with Gasteiger partial charge in [-0.25, -0.2) is 4.98 Å². The molecule has 1 aromatic carbocycles. The van der Waals surface area contributed by atoms with Crippen molar-refractivity contribution in [2.45, 2.75) is 26.2 Å². The van der Waals surface area contributed by atoms with Gasteiger partial charge >= 0.3 is 0 Å². The van der Waals surface area contributed by atoms with E-state index in [1.165, 1.54) is 6.33 Å². The first-order chi connectivity index (χ1) is 13.6. The van der Waals surface area contributed by atoms with Gasteiger partial charge in [0.1, 0.15) is 17.5 Å². The lowest BCUT2D eigenvalue weighted by Gasteiger charge is -2.33. The van der Waals surface area contributed by atoms with Crippen molar-refractivity contribution in [2.24, 2.45) is 5.92 Å². The minimum Gasteiger partial charge on any atom is -0.355 e. The van der Waals surface area contributed by atoms with Crippen molar-refractivity contribution < 1.29 is 9.32 Å². The number of carbonyl (C=O) groups is 1. The molecule has 0 aliphatic carbocycles. The highest BCUT2D eigenvalue weighted by Gasteiger charge is 2.28. The van der Waals surface area contributed by atoms with Crippen molar-refractivity contribution in [2.75, 3.05) is 24.5 Å². The lowest BCUT2D eigenvalue weighted by atomic mass is 9.96. The third-order valence-electron chi connectivity index (χ3n) is 5.14. The van der Waals surface area contributed by atoms with E-state index in [0.29, 0.717) is 18.8 Å². The first-order valence-electron chi connectivity index (χ1n) is 9.46. The second-order valence-corrected chi connectivity index (χ2v) is 7.53. The molecule has 28 heavy (non-hydrogen) atoms. The van der Waals surface area contributed by atoms with Crippen molar-refractivity contribution in [1.29, 1.82) is 0 Å². The third-order valence-corrected chi connectivity index (χ3v) is 5.39. The van der Waals surface area contributed by atoms with Gasteiger partial charge in [-0.3, -0.25) is 4.79 Å². The predicted octanol–water partition coefficient (Wildman–Crippen LogP) is 3.15. The standard InChI is InChI=1S/C20H22ClN5O2/c1-13-17-18(23-12-24-20(17)28-25-13)26-10-2-3-15(11-26)19(27)22-9-8-14-4-6-16(21)7-5-14/h4-7,12,15H,2-3,8-11H2,1H3,(H,22,27)/t15-/m1/s1. The van der Waals surface area contributed by atoms with E-state index >= 15 is 0 Å². The molecular formula is C20H22ClN5O2. The summed E-state index contributed by atoms with van der Waals surface area (Å²) in [5.41, 5.74) is 2.40. The van der Waals surface area contributed by atoms with E-state index in [2.05, 4.69) is 25.3 Å². The fourth-order valence-corrected chi connectivity index (χ4v) is 3.78. The molecule has 3 aromatic rings. The molecule has 3 heterocycles. The molecule has 1 aliphatic heterocycles. The number of amides is 1. The Morgan fingerprint density at radius 3 is 2.96 bits per heavy atom. The summed E-state index contributed by atoms with van der Waals surface area (Å²) >= 11 is 5.91. The van der Waals surface area contributed by atoms with Crippen LogP contribution in [0.1, 0.15) is 24.1 Å². The van der Waals surface area contributed by atoms with E-state index < -0.39 is 0 Å². The van der Waals surface area contributed by atoms with Gasteiger partial charge in [0.2, 0.25) is 5.91 Å². The molecule has 7 nitrogen and oxygen atoms in total. The van der Waals surface area contributed by atoms with Crippen LogP contribution in [0.5, 0.6) is 0 Å². The Labute approximate surface area is 168 Å². The predicted molar refractivity (Wildman–Crippen MR) is 107 cm³/mol. The fourth-order valence-electron chi connectivity index (χ4n) is 3.65. The summed E-state index contributed by atoms with van der Waals surface area (Å²) in [6.07, 6.45) is 4.08. The Hall–Kier alpha value is -2.67. The van der Waals surface area contributed by atoms with Crippen LogP contribution in [0, 0.1) is 12.8 Å². The summed E-state index contributed by atoms with van der Waals surface area (Å²) < 4.78 is 5.24. The Morgan fingerprint density at radius 1 is 1.32 bits per heavy atom. The van der Waals surface area contributed by atoms with Gasteiger partial charge < -0.3 is 14.7 Å². The SMILES string of the molecule is Cc1noc2ncnc(N3CCC[C@@H](C(=O)NCCc4ccc(Cl)cc4)C3)c12. The molecule has 1 N–H and O–H groups in total. The minimum atomic E-state index is -0.0656. The number of hydrogen-bond donors (Lipinski definition) is 1. The van der Waals surface area contributed by atoms with E-state index in [9.17, 15) is 4.79 Å². The zero-order valence-corrected chi connectivity index (χ0v) is 16.4. The molecule has 1 atom stereocenters. The normalized spacial score (nSPS) is 17.1. The van der Waals surface area contributed by atoms with Gasteiger partial charge in [0, 0.05) is 24.7 Å². The maximum Gasteiger partial charge on any atom is 0.263 e. The molecule has 4 rings (SSSR count). The Morgan fingerprint density at radius 2 is 2.14 bits per heavy atom. The topological polar surface area (TPSA) is 84.2 Å². The minimum absolute atomic E-state index is 0.0656. The maximum atomic E-state index is 12.7. The second-order valence-electron chi connectivity index (χ2n) is 7.10. The number of nitrogens with one attached hydrogen (secondary N) is 1. The summed E-state index contributed by atoms with van der Waals surface area (Å²) in [6.45, 7) is 3.97. The molecule has 2 aromatic heterocycles. The van der Waals surface area contributed by atoms with Crippen molar-refractivity contribution >= 4 is 34.4 Å². The number of carbonyl (C=O) groups excluding carboxylic acids is 1. The van der Waals surface area contributed by atoms with Crippen molar-refractivity contribution in [1.82, 2.24) is 20.4 Å². The third kappa shape index (κ3) is 3.94. The monoisotopic (exact) mass is 399 g/mol. The Bertz CT molecular complexity index is 972. The number of halogens is 1. The van der Waals surface area contributed by atoms with Crippen LogP contribution in [-0.4, -0.2) is 40.7 Å². The average Bonchev–Trinajstić information content (AvgIpc) is 3.11. The summed E-state index contributed by atoms with van der Waals surface area (Å²) in [6, 6.07) is 7.71. The highest BCUT2D eigenvalue weighted by Crippen LogP contribution is 2.29. The lowest BCUT2D eigenvalue weighted by molar-refractivity contribution is -0.125. The molecule has 0 unspecified atom stereocenters. The van der Waals surface area contributed by atoms with Crippen LogP contribution >= 0.6 is 11.6 Å². The molecular weight excluding hydrogens is 378 g/mol. The Balaban J connectivity index is 1.38. The van der Waals surface area contributed by atoms with Crippen LogP contribution in [0.3, 0.4) is 0 Å². The number of piperidine rings is 1. The van der Waals surface area contributed by atoms with Crippen LogP contribution in [0.4, 0.5) is 5.82 Å². The van der Waals surface area contributed by atoms with E-state index in [-0.39, 0.29) is 11.8 Å². The second kappa shape index (κ2) is 8.14. The largest absolute Gasteiger partial charge is 0.355 e. The van der Waals surface area contributed by atoms with Gasteiger partial charge in [0.25, 0.3) is 5.71 Å². The van der Waals surface area contributed by atoms with E-state index in [4.69, 9.17) is 16.1 Å². The summed E-state index contributed by atoms with van der Waals surface area (Å²) in [7, 11) is 0. The average molecular weight is 400 g/mol. The van der Waals surface area contributed by atoms with Crippen molar-refractivity contribution in [3.8, 4) is 0 Å². The van der Waals surface area contributed by atoms with E-state index in [1.54, 1.807) is 0 Å². The molecule has 1 amide bonds. The number of aryl methyl sites for hydroxylation is 1. The highest BCUT2D eigenvalue weighted by molar-refractivity contribution is 6.30. The number of nitrogens with zero attached hydrogens (tertiary/aromatic N) is 4. The first kappa shape index (κ1) is 18.7. The first-order valence-corrected chi connectivity index (χ1v) is 9.83. The van der Waals surface area contributed by atoms with Crippen LogP contribution in [-0.2, 0) is 11.2 Å². The smallest absolute Gasteiger partial charge is 0.263 e. The molecule has 0 bridgehead atoms. The highest BCUT2D eigenvalue weighted by atomic mass is 35.5. The van der Waals surface area contributed by atoms with E-state index in [1.807, 2.05) is 31.2 Å². The van der Waals surface area contributed by atoms with Crippen LogP contribution in [0.25, 0.3) is 11.1 Å². The molecule has 0 radical (unpaired) electrons. The number of fused-ring (bicyclic) bond motifs is 1. The number of rotatable bonds is 5. The van der Waals surface area contributed by atoms with Crippen LogP contribution < -0.4 is 10.2 Å². The van der Waals surface area contributed by atoms with Crippen LogP contribution in [0.2, 0.25) is 5.02 Å². The van der Waals surface area contributed by atoms with Gasteiger partial charge in [-0.15, -0.1) is 0 Å². The lowest BCUT2D eigenvalue weighted by Crippen LogP contribution is -2.43. The zero-order valence-electron chi connectivity index (χ0n) is 15.7. The van der Waals surface area contributed by atoms with E-state index in [0.717, 1.165) is 53.3 Å². The maximum absolute atomic E-state index is 12.7. The molecule has 1 fully saturated rings. The van der Waals surface area contributed by atoms with Crippen molar-refractivity contribution in [3.63, 3.8) is 0 Å². The molecule has 8 heteroatoms. The summed E-state index contributed by atoms with van der Waals surface area (Å²) in [5.74, 6) is 0.817. The van der Waals surface area contributed by atoms with Gasteiger partial charge in [0.15, 0.2) is 0 Å². The number of aromatic nitrogens is 3. The molecule has 1 saturated heterocycles. The van der Waals surface area contributed by atoms with Crippen LogP contribution in [0.15, 0.2) is 35.1 Å². The Kier molecular flexibility index (Phi) is 5.43. The molecule has 146 valence electrons. The van der Waals surface area contributed by atoms with Gasteiger partial charge in [-0.05, 0) is 43.9 Å². The zero-order chi connectivity index (χ0) is 19.5. The molecule has 0 spiro atoms.